The Bertz CT molecular complexity index is 529. The van der Waals surface area contributed by atoms with Gasteiger partial charge in [0, 0.05) is 6.08 Å². The largest absolute Gasteiger partial charge is 0.449 e. The zero-order chi connectivity index (χ0) is 13.5. The van der Waals surface area contributed by atoms with E-state index in [1.807, 2.05) is 6.07 Å². The van der Waals surface area contributed by atoms with Gasteiger partial charge in [0.05, 0.1) is 11.6 Å². The van der Waals surface area contributed by atoms with Crippen LogP contribution < -0.4 is 5.73 Å². The van der Waals surface area contributed by atoms with E-state index in [2.05, 4.69) is 0 Å². The Morgan fingerprint density at radius 2 is 2.11 bits per heavy atom. The topological polar surface area (TPSA) is 93.2 Å². The number of hydrogen-bond donors (Lipinski definition) is 1. The van der Waals surface area contributed by atoms with Gasteiger partial charge in [-0.25, -0.2) is 4.79 Å². The maximum atomic E-state index is 11.3. The molecule has 0 aromatic heterocycles. The van der Waals surface area contributed by atoms with E-state index in [1.165, 1.54) is 13.0 Å². The standard InChI is InChI=1S/C13H12N2O3/c1-9(13(15)17)18-12(16)7-6-10-4-2-3-5-11(10)8-14/h2-7,9H,1H3,(H2,15,17). The van der Waals surface area contributed by atoms with Gasteiger partial charge < -0.3 is 10.5 Å². The normalized spacial score (nSPS) is 11.8. The fourth-order valence-corrected chi connectivity index (χ4v) is 1.17. The van der Waals surface area contributed by atoms with Crippen LogP contribution in [0.1, 0.15) is 18.1 Å². The van der Waals surface area contributed by atoms with E-state index in [0.717, 1.165) is 6.08 Å². The van der Waals surface area contributed by atoms with Crippen LogP contribution in [0.5, 0.6) is 0 Å². The molecule has 1 amide bonds. The van der Waals surface area contributed by atoms with Crippen LogP contribution in [0.15, 0.2) is 30.3 Å². The molecule has 1 aromatic rings. The van der Waals surface area contributed by atoms with Gasteiger partial charge in [0.1, 0.15) is 0 Å². The van der Waals surface area contributed by atoms with Gasteiger partial charge in [0.2, 0.25) is 0 Å². The van der Waals surface area contributed by atoms with Crippen LogP contribution >= 0.6 is 0 Å². The molecule has 5 nitrogen and oxygen atoms in total. The highest BCUT2D eigenvalue weighted by molar-refractivity contribution is 5.90. The summed E-state index contributed by atoms with van der Waals surface area (Å²) in [5.74, 6) is -1.40. The first-order chi connectivity index (χ1) is 8.54. The van der Waals surface area contributed by atoms with Crippen LogP contribution in [0.4, 0.5) is 0 Å². The van der Waals surface area contributed by atoms with Crippen LogP contribution in [0.25, 0.3) is 6.08 Å². The Kier molecular flexibility index (Phi) is 4.64. The maximum Gasteiger partial charge on any atom is 0.331 e. The highest BCUT2D eigenvalue weighted by Gasteiger charge is 2.12. The number of esters is 1. The summed E-state index contributed by atoms with van der Waals surface area (Å²) >= 11 is 0. The van der Waals surface area contributed by atoms with Gasteiger partial charge in [0.15, 0.2) is 6.10 Å². The number of carbonyl (C=O) groups excluding carboxylic acids is 2. The number of rotatable bonds is 4. The van der Waals surface area contributed by atoms with Crippen molar-refractivity contribution in [2.75, 3.05) is 0 Å². The van der Waals surface area contributed by atoms with Crippen LogP contribution in [-0.4, -0.2) is 18.0 Å². The minimum Gasteiger partial charge on any atom is -0.449 e. The van der Waals surface area contributed by atoms with E-state index in [-0.39, 0.29) is 0 Å². The number of primary amides is 1. The van der Waals surface area contributed by atoms with Crippen molar-refractivity contribution >= 4 is 18.0 Å². The van der Waals surface area contributed by atoms with E-state index in [1.54, 1.807) is 24.3 Å². The molecule has 0 heterocycles. The van der Waals surface area contributed by atoms with Crippen molar-refractivity contribution < 1.29 is 14.3 Å². The van der Waals surface area contributed by atoms with Gasteiger partial charge in [-0.05, 0) is 24.6 Å². The zero-order valence-electron chi connectivity index (χ0n) is 9.79. The molecule has 0 aliphatic rings. The van der Waals surface area contributed by atoms with Gasteiger partial charge in [-0.15, -0.1) is 0 Å². The zero-order valence-corrected chi connectivity index (χ0v) is 9.79. The lowest BCUT2D eigenvalue weighted by Crippen LogP contribution is -2.29. The molecule has 1 aromatic carbocycles. The van der Waals surface area contributed by atoms with Gasteiger partial charge in [-0.1, -0.05) is 18.2 Å². The number of nitrogens with two attached hydrogens (primary N) is 1. The van der Waals surface area contributed by atoms with Crippen molar-refractivity contribution in [2.24, 2.45) is 5.73 Å². The Labute approximate surface area is 104 Å². The monoisotopic (exact) mass is 244 g/mol. The van der Waals surface area contributed by atoms with Gasteiger partial charge >= 0.3 is 5.97 Å². The molecular weight excluding hydrogens is 232 g/mol. The van der Waals surface area contributed by atoms with Crippen LogP contribution in [0, 0.1) is 11.3 Å². The summed E-state index contributed by atoms with van der Waals surface area (Å²) in [5.41, 5.74) is 6.00. The molecule has 0 radical (unpaired) electrons. The highest BCUT2D eigenvalue weighted by Crippen LogP contribution is 2.09. The molecule has 0 fully saturated rings. The molecule has 0 saturated heterocycles. The Hall–Kier alpha value is -2.61. The second-order valence-corrected chi connectivity index (χ2v) is 3.51. The highest BCUT2D eigenvalue weighted by atomic mass is 16.5. The first-order valence-corrected chi connectivity index (χ1v) is 5.21. The third-order valence-corrected chi connectivity index (χ3v) is 2.17. The number of hydrogen-bond acceptors (Lipinski definition) is 4. The third-order valence-electron chi connectivity index (χ3n) is 2.17. The molecule has 0 aliphatic heterocycles. The first-order valence-electron chi connectivity index (χ1n) is 5.21. The van der Waals surface area contributed by atoms with Crippen molar-refractivity contribution in [3.8, 4) is 6.07 Å². The van der Waals surface area contributed by atoms with Crippen LogP contribution in [0.3, 0.4) is 0 Å². The first kappa shape index (κ1) is 13.5. The van der Waals surface area contributed by atoms with Crippen molar-refractivity contribution in [3.05, 3.63) is 41.5 Å². The summed E-state index contributed by atoms with van der Waals surface area (Å²) in [6.45, 7) is 1.39. The number of carbonyl (C=O) groups is 2. The maximum absolute atomic E-state index is 11.3. The molecule has 1 atom stereocenters. The molecule has 1 unspecified atom stereocenters. The Balaban J connectivity index is 2.73. The van der Waals surface area contributed by atoms with Crippen LogP contribution in [-0.2, 0) is 14.3 Å². The SMILES string of the molecule is CC(OC(=O)C=Cc1ccccc1C#N)C(N)=O. The summed E-state index contributed by atoms with van der Waals surface area (Å²) in [4.78, 5) is 22.0. The quantitative estimate of drug-likeness (QED) is 0.631. The van der Waals surface area contributed by atoms with Crippen molar-refractivity contribution in [1.82, 2.24) is 0 Å². The second kappa shape index (κ2) is 6.21. The van der Waals surface area contributed by atoms with E-state index in [4.69, 9.17) is 15.7 Å². The number of benzene rings is 1. The molecule has 0 spiro atoms. The summed E-state index contributed by atoms with van der Waals surface area (Å²) in [6, 6.07) is 8.80. The lowest BCUT2D eigenvalue weighted by Gasteiger charge is -2.06. The van der Waals surface area contributed by atoms with Crippen molar-refractivity contribution in [3.63, 3.8) is 0 Å². The number of nitrogens with zero attached hydrogens (tertiary/aromatic N) is 1. The van der Waals surface area contributed by atoms with E-state index >= 15 is 0 Å². The molecule has 0 saturated carbocycles. The fraction of sp³-hybridized carbons (Fsp3) is 0.154. The van der Waals surface area contributed by atoms with E-state index in [0.29, 0.717) is 11.1 Å². The lowest BCUT2D eigenvalue weighted by atomic mass is 10.1. The summed E-state index contributed by atoms with van der Waals surface area (Å²) in [7, 11) is 0. The molecule has 0 aliphatic carbocycles. The number of ether oxygens (including phenoxy) is 1. The van der Waals surface area contributed by atoms with Gasteiger partial charge in [-0.3, -0.25) is 4.79 Å². The molecule has 1 rings (SSSR count). The fourth-order valence-electron chi connectivity index (χ4n) is 1.17. The Morgan fingerprint density at radius 1 is 1.44 bits per heavy atom. The molecule has 2 N–H and O–H groups in total. The molecule has 18 heavy (non-hydrogen) atoms. The van der Waals surface area contributed by atoms with E-state index in [9.17, 15) is 9.59 Å². The average molecular weight is 244 g/mol. The van der Waals surface area contributed by atoms with Gasteiger partial charge in [-0.2, -0.15) is 5.26 Å². The molecular formula is C13H12N2O3. The van der Waals surface area contributed by atoms with Crippen molar-refractivity contribution in [2.45, 2.75) is 13.0 Å². The minimum atomic E-state index is -0.978. The molecule has 0 bridgehead atoms. The smallest absolute Gasteiger partial charge is 0.331 e. The third kappa shape index (κ3) is 3.76. The second-order valence-electron chi connectivity index (χ2n) is 3.51. The van der Waals surface area contributed by atoms with Crippen LogP contribution in [0.2, 0.25) is 0 Å². The minimum absolute atomic E-state index is 0.449. The predicted molar refractivity (Wildman–Crippen MR) is 64.9 cm³/mol. The molecule has 92 valence electrons. The number of amides is 1. The predicted octanol–water partition coefficient (Wildman–Crippen LogP) is 0.988. The van der Waals surface area contributed by atoms with Gasteiger partial charge in [0.25, 0.3) is 5.91 Å². The Morgan fingerprint density at radius 3 is 2.72 bits per heavy atom. The van der Waals surface area contributed by atoms with E-state index < -0.39 is 18.0 Å². The summed E-state index contributed by atoms with van der Waals surface area (Å²) in [5, 5.41) is 8.84. The summed E-state index contributed by atoms with van der Waals surface area (Å²) < 4.78 is 4.72. The number of nitriles is 1. The summed E-state index contributed by atoms with van der Waals surface area (Å²) in [6.07, 6.45) is 1.62. The van der Waals surface area contributed by atoms with Crippen molar-refractivity contribution in [1.29, 1.82) is 5.26 Å². The average Bonchev–Trinajstić information content (AvgIpc) is 2.36. The lowest BCUT2D eigenvalue weighted by molar-refractivity contribution is -0.148. The molecule has 5 heteroatoms.